The zero-order valence-corrected chi connectivity index (χ0v) is 22.6. The Hall–Kier alpha value is -3.03. The topological polar surface area (TPSA) is 65.5 Å². The molecular weight excluding hydrogens is 488 g/mol. The van der Waals surface area contributed by atoms with Crippen molar-refractivity contribution in [3.8, 4) is 16.9 Å². The van der Waals surface area contributed by atoms with Crippen LogP contribution in [0.25, 0.3) is 22.2 Å². The second-order valence-electron chi connectivity index (χ2n) is 10.2. The van der Waals surface area contributed by atoms with Gasteiger partial charge >= 0.3 is 0 Å². The van der Waals surface area contributed by atoms with Crippen molar-refractivity contribution in [3.63, 3.8) is 0 Å². The Morgan fingerprint density at radius 3 is 2.62 bits per heavy atom. The molecule has 7 nitrogen and oxygen atoms in total. The van der Waals surface area contributed by atoms with Crippen LogP contribution >= 0.6 is 11.6 Å². The van der Waals surface area contributed by atoms with Crippen LogP contribution in [0.2, 0.25) is 5.02 Å². The number of imidazole rings is 1. The van der Waals surface area contributed by atoms with Gasteiger partial charge in [0.25, 0.3) is 0 Å². The molecule has 194 valence electrons. The molecule has 0 radical (unpaired) electrons. The minimum absolute atomic E-state index is 0.168. The maximum atomic E-state index is 6.53. The summed E-state index contributed by atoms with van der Waals surface area (Å²) in [5, 5.41) is 4.79. The fourth-order valence-corrected chi connectivity index (χ4v) is 6.58. The van der Waals surface area contributed by atoms with E-state index in [1.54, 1.807) is 7.11 Å². The van der Waals surface area contributed by atoms with Gasteiger partial charge in [-0.05, 0) is 81.8 Å². The fourth-order valence-electron chi connectivity index (χ4n) is 6.33. The van der Waals surface area contributed by atoms with Gasteiger partial charge in [-0.2, -0.15) is 0 Å². The number of nitrogens with zero attached hydrogens (tertiary/aromatic N) is 4. The Bertz CT molecular complexity index is 1430. The van der Waals surface area contributed by atoms with Crippen molar-refractivity contribution in [1.82, 2.24) is 14.7 Å². The number of aryl methyl sites for hydroxylation is 2. The van der Waals surface area contributed by atoms with Gasteiger partial charge in [0.05, 0.1) is 41.0 Å². The van der Waals surface area contributed by atoms with Gasteiger partial charge in [-0.25, -0.2) is 4.98 Å². The molecule has 6 rings (SSSR count). The molecular formula is C29H33ClN4O3. The predicted molar refractivity (Wildman–Crippen MR) is 146 cm³/mol. The SMILES string of the molecule is COc1ccc(N2CCC[C@H]2c2nc3cc(-c4c(C)noc4C)ccc3n2[C@@H]2CC[C@@H](OC)C2)cc1Cl. The summed E-state index contributed by atoms with van der Waals surface area (Å²) in [6.07, 6.45) is 5.60. The van der Waals surface area contributed by atoms with E-state index >= 15 is 0 Å². The molecule has 3 atom stereocenters. The minimum atomic E-state index is 0.168. The zero-order chi connectivity index (χ0) is 25.7. The Morgan fingerprint density at radius 2 is 1.92 bits per heavy atom. The number of anilines is 1. The first-order chi connectivity index (χ1) is 18.0. The molecule has 4 aromatic rings. The minimum Gasteiger partial charge on any atom is -0.495 e. The van der Waals surface area contributed by atoms with Crippen LogP contribution in [-0.2, 0) is 4.74 Å². The van der Waals surface area contributed by atoms with E-state index in [-0.39, 0.29) is 12.1 Å². The van der Waals surface area contributed by atoms with Crippen molar-refractivity contribution in [3.05, 3.63) is 58.7 Å². The van der Waals surface area contributed by atoms with E-state index in [0.29, 0.717) is 16.8 Å². The second kappa shape index (κ2) is 9.69. The molecule has 2 aromatic heterocycles. The lowest BCUT2D eigenvalue weighted by molar-refractivity contribution is 0.106. The lowest BCUT2D eigenvalue weighted by Crippen LogP contribution is -2.26. The number of halogens is 1. The van der Waals surface area contributed by atoms with Crippen LogP contribution in [0.4, 0.5) is 5.69 Å². The Morgan fingerprint density at radius 1 is 1.05 bits per heavy atom. The average Bonchev–Trinajstić information content (AvgIpc) is 3.69. The highest BCUT2D eigenvalue weighted by Crippen LogP contribution is 2.43. The van der Waals surface area contributed by atoms with Gasteiger partial charge in [0, 0.05) is 30.9 Å². The van der Waals surface area contributed by atoms with Crippen molar-refractivity contribution in [2.24, 2.45) is 0 Å². The first kappa shape index (κ1) is 24.3. The molecule has 1 aliphatic carbocycles. The lowest BCUT2D eigenvalue weighted by Gasteiger charge is -2.29. The summed E-state index contributed by atoms with van der Waals surface area (Å²) >= 11 is 6.53. The van der Waals surface area contributed by atoms with E-state index < -0.39 is 0 Å². The highest BCUT2D eigenvalue weighted by atomic mass is 35.5. The first-order valence-corrected chi connectivity index (χ1v) is 13.4. The molecule has 8 heteroatoms. The molecule has 1 saturated heterocycles. The van der Waals surface area contributed by atoms with Gasteiger partial charge in [0.2, 0.25) is 0 Å². The molecule has 0 unspecified atom stereocenters. The number of aromatic nitrogens is 3. The molecule has 2 aliphatic rings. The standard InChI is InChI=1S/C29H33ClN4O3/c1-17-28(18(2)37-32-17)19-7-11-25-24(14-19)31-29(34(25)21-8-10-22(15-21)35-3)26-6-5-13-33(26)20-9-12-27(36-4)23(30)16-20/h7,9,11-12,14,16,21-22,26H,5-6,8,10,13,15H2,1-4H3/t21-,22-,26+/m1/s1. The summed E-state index contributed by atoms with van der Waals surface area (Å²) in [5.41, 5.74) is 6.32. The molecule has 1 saturated carbocycles. The number of hydrogen-bond donors (Lipinski definition) is 0. The molecule has 0 bridgehead atoms. The first-order valence-electron chi connectivity index (χ1n) is 13.1. The maximum Gasteiger partial charge on any atom is 0.141 e. The Labute approximate surface area is 222 Å². The molecule has 2 aromatic carbocycles. The van der Waals surface area contributed by atoms with Crippen LogP contribution in [0, 0.1) is 13.8 Å². The molecule has 37 heavy (non-hydrogen) atoms. The van der Waals surface area contributed by atoms with E-state index in [1.165, 1.54) is 5.52 Å². The summed E-state index contributed by atoms with van der Waals surface area (Å²) < 4.78 is 19.1. The van der Waals surface area contributed by atoms with Crippen LogP contribution in [0.1, 0.15) is 61.5 Å². The van der Waals surface area contributed by atoms with Gasteiger partial charge in [-0.15, -0.1) is 0 Å². The van der Waals surface area contributed by atoms with E-state index in [2.05, 4.69) is 38.9 Å². The largest absolute Gasteiger partial charge is 0.495 e. The van der Waals surface area contributed by atoms with Gasteiger partial charge in [0.1, 0.15) is 17.3 Å². The monoisotopic (exact) mass is 520 g/mol. The van der Waals surface area contributed by atoms with E-state index in [9.17, 15) is 0 Å². The number of benzene rings is 2. The van der Waals surface area contributed by atoms with Crippen LogP contribution in [0.15, 0.2) is 40.9 Å². The molecule has 1 aliphatic heterocycles. The van der Waals surface area contributed by atoms with Crippen molar-refractivity contribution >= 4 is 28.3 Å². The second-order valence-corrected chi connectivity index (χ2v) is 10.6. The summed E-state index contributed by atoms with van der Waals surface area (Å²) in [6, 6.07) is 13.2. The summed E-state index contributed by atoms with van der Waals surface area (Å²) in [4.78, 5) is 7.77. The highest BCUT2D eigenvalue weighted by molar-refractivity contribution is 6.32. The number of fused-ring (bicyclic) bond motifs is 1. The lowest BCUT2D eigenvalue weighted by atomic mass is 10.0. The van der Waals surface area contributed by atoms with Crippen LogP contribution < -0.4 is 9.64 Å². The number of hydrogen-bond acceptors (Lipinski definition) is 6. The third-order valence-electron chi connectivity index (χ3n) is 8.11. The number of ether oxygens (including phenoxy) is 2. The third kappa shape index (κ3) is 4.18. The zero-order valence-electron chi connectivity index (χ0n) is 21.8. The van der Waals surface area contributed by atoms with E-state index in [1.807, 2.05) is 33.1 Å². The van der Waals surface area contributed by atoms with Gasteiger partial charge in [-0.3, -0.25) is 0 Å². The van der Waals surface area contributed by atoms with Gasteiger partial charge in [-0.1, -0.05) is 22.8 Å². The normalized spacial score (nSPS) is 21.9. The molecule has 0 N–H and O–H groups in total. The van der Waals surface area contributed by atoms with E-state index in [4.69, 9.17) is 30.6 Å². The summed E-state index contributed by atoms with van der Waals surface area (Å²) in [6.45, 7) is 4.91. The summed E-state index contributed by atoms with van der Waals surface area (Å²) in [7, 11) is 3.47. The number of rotatable bonds is 6. The maximum absolute atomic E-state index is 6.53. The van der Waals surface area contributed by atoms with Crippen molar-refractivity contribution in [1.29, 1.82) is 0 Å². The van der Waals surface area contributed by atoms with Crippen molar-refractivity contribution in [2.75, 3.05) is 25.7 Å². The van der Waals surface area contributed by atoms with Gasteiger partial charge < -0.3 is 23.5 Å². The fraction of sp³-hybridized carbons (Fsp3) is 0.448. The Balaban J connectivity index is 1.47. The third-order valence-corrected chi connectivity index (χ3v) is 8.41. The average molecular weight is 521 g/mol. The van der Waals surface area contributed by atoms with Crippen LogP contribution in [0.3, 0.4) is 0 Å². The predicted octanol–water partition coefficient (Wildman–Crippen LogP) is 7.05. The number of methoxy groups -OCH3 is 2. The van der Waals surface area contributed by atoms with Crippen LogP contribution in [-0.4, -0.2) is 41.6 Å². The quantitative estimate of drug-likeness (QED) is 0.271. The highest BCUT2D eigenvalue weighted by Gasteiger charge is 2.35. The summed E-state index contributed by atoms with van der Waals surface area (Å²) in [5.74, 6) is 2.64. The Kier molecular flexibility index (Phi) is 6.37. The molecule has 0 amide bonds. The molecule has 3 heterocycles. The van der Waals surface area contributed by atoms with Crippen molar-refractivity contribution < 1.29 is 14.0 Å². The van der Waals surface area contributed by atoms with Gasteiger partial charge in [0.15, 0.2) is 0 Å². The van der Waals surface area contributed by atoms with Crippen molar-refractivity contribution in [2.45, 2.75) is 64.1 Å². The van der Waals surface area contributed by atoms with Crippen LogP contribution in [0.5, 0.6) is 5.75 Å². The smallest absolute Gasteiger partial charge is 0.141 e. The molecule has 2 fully saturated rings. The van der Waals surface area contributed by atoms with E-state index in [0.717, 1.165) is 78.3 Å². The molecule has 0 spiro atoms.